The molecule has 0 bridgehead atoms. The van der Waals surface area contributed by atoms with Crippen LogP contribution in [-0.4, -0.2) is 0 Å². The number of hydrogen-bond donors (Lipinski definition) is 1. The van der Waals surface area contributed by atoms with Gasteiger partial charge in [-0.1, -0.05) is 15.9 Å². The molecule has 2 aromatic rings. The van der Waals surface area contributed by atoms with Gasteiger partial charge in [0, 0.05) is 38.8 Å². The SMILES string of the molecule is Nc1cc(Br)c2c(Br)c(Br)c(Br)c(Br)c2c1. The van der Waals surface area contributed by atoms with Crippen LogP contribution in [0.25, 0.3) is 10.8 Å². The van der Waals surface area contributed by atoms with Crippen LogP contribution in [0.5, 0.6) is 0 Å². The normalized spacial score (nSPS) is 11.1. The lowest BCUT2D eigenvalue weighted by atomic mass is 10.1. The van der Waals surface area contributed by atoms with E-state index in [0.29, 0.717) is 0 Å². The van der Waals surface area contributed by atoms with Crippen LogP contribution in [0.4, 0.5) is 5.69 Å². The zero-order valence-electron chi connectivity index (χ0n) is 7.62. The summed E-state index contributed by atoms with van der Waals surface area (Å²) in [6, 6.07) is 3.83. The van der Waals surface area contributed by atoms with E-state index in [1.807, 2.05) is 12.1 Å². The number of nitrogens with two attached hydrogens (primary N) is 1. The van der Waals surface area contributed by atoms with Gasteiger partial charge < -0.3 is 5.73 Å². The van der Waals surface area contributed by atoms with E-state index < -0.39 is 0 Å². The van der Waals surface area contributed by atoms with E-state index in [1.165, 1.54) is 0 Å². The van der Waals surface area contributed by atoms with E-state index in [1.54, 1.807) is 0 Å². The van der Waals surface area contributed by atoms with E-state index in [9.17, 15) is 0 Å². The number of halogens is 5. The van der Waals surface area contributed by atoms with E-state index >= 15 is 0 Å². The Hall–Kier alpha value is 0.900. The largest absolute Gasteiger partial charge is 0.399 e. The second kappa shape index (κ2) is 4.88. The second-order valence-electron chi connectivity index (χ2n) is 3.18. The van der Waals surface area contributed by atoms with Crippen LogP contribution in [0.1, 0.15) is 0 Å². The molecule has 1 nitrogen and oxygen atoms in total. The number of hydrogen-bond acceptors (Lipinski definition) is 1. The Bertz CT molecular complexity index is 594. The molecule has 16 heavy (non-hydrogen) atoms. The third kappa shape index (κ3) is 2.11. The van der Waals surface area contributed by atoms with Gasteiger partial charge >= 0.3 is 0 Å². The molecule has 0 radical (unpaired) electrons. The summed E-state index contributed by atoms with van der Waals surface area (Å²) in [6.07, 6.45) is 0. The van der Waals surface area contributed by atoms with Crippen LogP contribution < -0.4 is 5.73 Å². The molecule has 0 atom stereocenters. The Morgan fingerprint density at radius 2 is 1.31 bits per heavy atom. The van der Waals surface area contributed by atoms with E-state index in [0.717, 1.165) is 38.8 Å². The third-order valence-electron chi connectivity index (χ3n) is 2.15. The molecule has 0 aromatic heterocycles. The van der Waals surface area contributed by atoms with Crippen molar-refractivity contribution in [3.8, 4) is 0 Å². The van der Waals surface area contributed by atoms with Gasteiger partial charge in [-0.05, 0) is 75.9 Å². The van der Waals surface area contributed by atoms with Gasteiger partial charge in [0.15, 0.2) is 0 Å². The first-order chi connectivity index (χ1) is 7.43. The van der Waals surface area contributed by atoms with Gasteiger partial charge in [-0.15, -0.1) is 0 Å². The molecule has 2 rings (SSSR count). The van der Waals surface area contributed by atoms with E-state index in [2.05, 4.69) is 79.6 Å². The zero-order chi connectivity index (χ0) is 12.0. The van der Waals surface area contributed by atoms with Crippen molar-refractivity contribution in [1.82, 2.24) is 0 Å². The molecular weight excluding hydrogens is 534 g/mol. The molecule has 0 heterocycles. The maximum Gasteiger partial charge on any atom is 0.0477 e. The molecule has 0 aliphatic heterocycles. The van der Waals surface area contributed by atoms with Crippen LogP contribution in [0.3, 0.4) is 0 Å². The van der Waals surface area contributed by atoms with Crippen molar-refractivity contribution in [1.29, 1.82) is 0 Å². The second-order valence-corrected chi connectivity index (χ2v) is 7.21. The van der Waals surface area contributed by atoms with Crippen LogP contribution in [0.2, 0.25) is 0 Å². The molecule has 0 amide bonds. The van der Waals surface area contributed by atoms with Crippen molar-refractivity contribution < 1.29 is 0 Å². The Morgan fingerprint density at radius 1 is 0.750 bits per heavy atom. The number of benzene rings is 2. The minimum atomic E-state index is 0.723. The van der Waals surface area contributed by atoms with Crippen molar-refractivity contribution in [3.63, 3.8) is 0 Å². The lowest BCUT2D eigenvalue weighted by molar-refractivity contribution is 1.55. The fraction of sp³-hybridized carbons (Fsp3) is 0. The van der Waals surface area contributed by atoms with Gasteiger partial charge in [0.05, 0.1) is 0 Å². The molecule has 0 aliphatic rings. The number of anilines is 1. The van der Waals surface area contributed by atoms with Gasteiger partial charge in [-0.25, -0.2) is 0 Å². The summed E-state index contributed by atoms with van der Waals surface area (Å²) in [5.41, 5.74) is 6.56. The lowest BCUT2D eigenvalue weighted by Crippen LogP contribution is -1.89. The van der Waals surface area contributed by atoms with E-state index in [4.69, 9.17) is 5.73 Å². The molecule has 6 heteroatoms. The summed E-state index contributed by atoms with van der Waals surface area (Å²) in [5.74, 6) is 0. The van der Waals surface area contributed by atoms with Gasteiger partial charge in [-0.3, -0.25) is 0 Å². The van der Waals surface area contributed by atoms with Crippen LogP contribution >= 0.6 is 79.6 Å². The Labute approximate surface area is 135 Å². The third-order valence-corrected chi connectivity index (χ3v) is 7.57. The molecule has 0 fully saturated rings. The molecule has 0 saturated carbocycles. The highest BCUT2D eigenvalue weighted by molar-refractivity contribution is 9.15. The van der Waals surface area contributed by atoms with Crippen molar-refractivity contribution >= 4 is 96.1 Å². The van der Waals surface area contributed by atoms with Crippen molar-refractivity contribution in [2.24, 2.45) is 0 Å². The molecule has 0 spiro atoms. The van der Waals surface area contributed by atoms with Gasteiger partial charge in [0.1, 0.15) is 0 Å². The first-order valence-electron chi connectivity index (χ1n) is 4.14. The summed E-state index contributed by atoms with van der Waals surface area (Å²) >= 11 is 17.7. The first-order valence-corrected chi connectivity index (χ1v) is 8.10. The maximum absolute atomic E-state index is 5.84. The standard InChI is InChI=1S/C10H4Br5N/c11-5-2-3(16)1-4-6(5)8(13)10(15)9(14)7(4)12/h1-2H,16H2. The zero-order valence-corrected chi connectivity index (χ0v) is 15.6. The van der Waals surface area contributed by atoms with Crippen LogP contribution in [0, 0.1) is 0 Å². The minimum absolute atomic E-state index is 0.723. The number of fused-ring (bicyclic) bond motifs is 1. The molecule has 84 valence electrons. The average Bonchev–Trinajstić information content (AvgIpc) is 2.22. The summed E-state index contributed by atoms with van der Waals surface area (Å²) in [7, 11) is 0. The summed E-state index contributed by atoms with van der Waals surface area (Å²) in [6.45, 7) is 0. The van der Waals surface area contributed by atoms with E-state index in [-0.39, 0.29) is 0 Å². The van der Waals surface area contributed by atoms with Crippen LogP contribution in [-0.2, 0) is 0 Å². The highest BCUT2D eigenvalue weighted by atomic mass is 79.9. The fourth-order valence-electron chi connectivity index (χ4n) is 1.44. The van der Waals surface area contributed by atoms with Gasteiger partial charge in [0.25, 0.3) is 0 Å². The smallest absolute Gasteiger partial charge is 0.0477 e. The Kier molecular flexibility index (Phi) is 4.07. The molecule has 0 aliphatic carbocycles. The van der Waals surface area contributed by atoms with Crippen molar-refractivity contribution in [2.45, 2.75) is 0 Å². The van der Waals surface area contributed by atoms with Crippen molar-refractivity contribution in [2.75, 3.05) is 5.73 Å². The monoisotopic (exact) mass is 533 g/mol. The van der Waals surface area contributed by atoms with Crippen molar-refractivity contribution in [3.05, 3.63) is 34.5 Å². The molecule has 0 saturated heterocycles. The maximum atomic E-state index is 5.84. The summed E-state index contributed by atoms with van der Waals surface area (Å²) < 4.78 is 4.86. The van der Waals surface area contributed by atoms with Gasteiger partial charge in [-0.2, -0.15) is 0 Å². The quantitative estimate of drug-likeness (QED) is 0.241. The predicted molar refractivity (Wildman–Crippen MR) is 86.9 cm³/mol. The highest BCUT2D eigenvalue weighted by Gasteiger charge is 2.15. The fourth-order valence-corrected chi connectivity index (χ4v) is 4.86. The number of nitrogen functional groups attached to an aromatic ring is 1. The molecule has 2 N–H and O–H groups in total. The first kappa shape index (κ1) is 13.3. The summed E-state index contributed by atoms with van der Waals surface area (Å²) in [5, 5.41) is 2.13. The summed E-state index contributed by atoms with van der Waals surface area (Å²) in [4.78, 5) is 0. The molecule has 2 aromatic carbocycles. The van der Waals surface area contributed by atoms with Gasteiger partial charge in [0.2, 0.25) is 0 Å². The molecular formula is C10H4Br5N. The Morgan fingerprint density at radius 3 is 1.94 bits per heavy atom. The molecule has 0 unspecified atom stereocenters. The van der Waals surface area contributed by atoms with Crippen LogP contribution in [0.15, 0.2) is 34.5 Å². The Balaban J connectivity index is 3.08. The number of rotatable bonds is 0. The lowest BCUT2D eigenvalue weighted by Gasteiger charge is -2.11. The highest BCUT2D eigenvalue weighted by Crippen LogP contribution is 2.46. The minimum Gasteiger partial charge on any atom is -0.399 e. The topological polar surface area (TPSA) is 26.0 Å². The predicted octanol–water partition coefficient (Wildman–Crippen LogP) is 6.23. The average molecular weight is 538 g/mol.